The number of para-hydroxylation sites is 1. The Kier molecular flexibility index (Phi) is 5.31. The van der Waals surface area contributed by atoms with Gasteiger partial charge in [-0.3, -0.25) is 4.79 Å². The summed E-state index contributed by atoms with van der Waals surface area (Å²) in [6, 6.07) is 7.42. The second-order valence-corrected chi connectivity index (χ2v) is 5.63. The maximum absolute atomic E-state index is 11.8. The highest BCUT2D eigenvalue weighted by molar-refractivity contribution is 9.10. The van der Waals surface area contributed by atoms with Gasteiger partial charge in [-0.15, -0.1) is 0 Å². The van der Waals surface area contributed by atoms with Crippen molar-refractivity contribution in [2.45, 2.75) is 32.4 Å². The van der Waals surface area contributed by atoms with Gasteiger partial charge in [0, 0.05) is 10.0 Å². The summed E-state index contributed by atoms with van der Waals surface area (Å²) in [6.45, 7) is 5.55. The van der Waals surface area contributed by atoms with E-state index in [4.69, 9.17) is 0 Å². The first-order chi connectivity index (χ1) is 8.33. The van der Waals surface area contributed by atoms with Crippen molar-refractivity contribution in [3.63, 3.8) is 0 Å². The predicted molar refractivity (Wildman–Crippen MR) is 76.5 cm³/mol. The topological polar surface area (TPSA) is 61.4 Å². The van der Waals surface area contributed by atoms with E-state index >= 15 is 0 Å². The van der Waals surface area contributed by atoms with E-state index in [2.05, 4.69) is 26.6 Å². The molecule has 1 atom stereocenters. The van der Waals surface area contributed by atoms with E-state index < -0.39 is 11.6 Å². The van der Waals surface area contributed by atoms with Gasteiger partial charge in [0.05, 0.1) is 18.3 Å². The van der Waals surface area contributed by atoms with Crippen LogP contribution in [-0.4, -0.2) is 29.2 Å². The number of benzene rings is 1. The molecular weight excluding hydrogens is 296 g/mol. The Morgan fingerprint density at radius 2 is 2.06 bits per heavy atom. The lowest BCUT2D eigenvalue weighted by Gasteiger charge is -2.29. The molecule has 0 saturated carbocycles. The van der Waals surface area contributed by atoms with Gasteiger partial charge in [-0.2, -0.15) is 0 Å². The highest BCUT2D eigenvalue weighted by atomic mass is 79.9. The van der Waals surface area contributed by atoms with Crippen LogP contribution in [0.4, 0.5) is 5.69 Å². The summed E-state index contributed by atoms with van der Waals surface area (Å²) in [6.07, 6.45) is -0.534. The van der Waals surface area contributed by atoms with Gasteiger partial charge in [0.25, 0.3) is 0 Å². The summed E-state index contributed by atoms with van der Waals surface area (Å²) in [7, 11) is 0. The molecule has 1 aromatic rings. The molecule has 0 aromatic heterocycles. The van der Waals surface area contributed by atoms with Crippen molar-refractivity contribution in [1.29, 1.82) is 0 Å². The molecule has 1 unspecified atom stereocenters. The van der Waals surface area contributed by atoms with Crippen LogP contribution in [0, 0.1) is 0 Å². The van der Waals surface area contributed by atoms with Crippen LogP contribution in [0.1, 0.15) is 20.8 Å². The number of nitrogens with one attached hydrogen (secondary N) is 2. The summed E-state index contributed by atoms with van der Waals surface area (Å²) in [5.74, 6) is -0.143. The van der Waals surface area contributed by atoms with Gasteiger partial charge >= 0.3 is 0 Å². The molecule has 1 rings (SSSR count). The Bertz CT molecular complexity index is 419. The molecule has 0 aliphatic rings. The van der Waals surface area contributed by atoms with Crippen LogP contribution in [0.25, 0.3) is 0 Å². The molecule has 1 aromatic carbocycles. The van der Waals surface area contributed by atoms with Crippen LogP contribution in [0.3, 0.4) is 0 Å². The lowest BCUT2D eigenvalue weighted by molar-refractivity contribution is -0.115. The monoisotopic (exact) mass is 314 g/mol. The van der Waals surface area contributed by atoms with Gasteiger partial charge in [-0.1, -0.05) is 12.1 Å². The van der Waals surface area contributed by atoms with E-state index in [1.165, 1.54) is 0 Å². The zero-order chi connectivity index (χ0) is 13.8. The number of carbonyl (C=O) groups excluding carboxylic acids is 1. The number of aliphatic hydroxyl groups excluding tert-OH is 1. The van der Waals surface area contributed by atoms with E-state index in [-0.39, 0.29) is 12.5 Å². The first kappa shape index (κ1) is 15.1. The zero-order valence-corrected chi connectivity index (χ0v) is 12.4. The summed E-state index contributed by atoms with van der Waals surface area (Å²) >= 11 is 3.36. The molecule has 0 heterocycles. The largest absolute Gasteiger partial charge is 0.392 e. The third kappa shape index (κ3) is 4.40. The number of hydrogen-bond donors (Lipinski definition) is 3. The number of amides is 1. The molecule has 0 radical (unpaired) electrons. The van der Waals surface area contributed by atoms with Crippen LogP contribution in [0.15, 0.2) is 28.7 Å². The summed E-state index contributed by atoms with van der Waals surface area (Å²) in [5, 5.41) is 15.3. The highest BCUT2D eigenvalue weighted by Gasteiger charge is 2.23. The van der Waals surface area contributed by atoms with Crippen molar-refractivity contribution in [2.75, 3.05) is 11.9 Å². The van der Waals surface area contributed by atoms with Crippen molar-refractivity contribution in [1.82, 2.24) is 5.32 Å². The maximum Gasteiger partial charge on any atom is 0.238 e. The third-order valence-electron chi connectivity index (χ3n) is 2.90. The van der Waals surface area contributed by atoms with Gasteiger partial charge in [0.2, 0.25) is 5.91 Å². The van der Waals surface area contributed by atoms with Crippen LogP contribution >= 0.6 is 15.9 Å². The van der Waals surface area contributed by atoms with E-state index in [1.54, 1.807) is 6.92 Å². The molecule has 100 valence electrons. The number of aliphatic hydroxyl groups is 1. The molecule has 4 nitrogen and oxygen atoms in total. The molecule has 3 N–H and O–H groups in total. The molecule has 0 aliphatic heterocycles. The molecule has 0 saturated heterocycles. The van der Waals surface area contributed by atoms with Crippen molar-refractivity contribution >= 4 is 27.5 Å². The van der Waals surface area contributed by atoms with Gasteiger partial charge in [0.15, 0.2) is 0 Å². The summed E-state index contributed by atoms with van der Waals surface area (Å²) in [5.41, 5.74) is 0.241. The number of rotatable bonds is 5. The standard InChI is InChI=1S/C13H19BrN2O2/c1-9(17)13(2,3)15-8-12(18)16-11-7-5-4-6-10(11)14/h4-7,9,15,17H,8H2,1-3H3,(H,16,18). The van der Waals surface area contributed by atoms with E-state index in [1.807, 2.05) is 38.1 Å². The van der Waals surface area contributed by atoms with Gasteiger partial charge < -0.3 is 15.7 Å². The third-order valence-corrected chi connectivity index (χ3v) is 3.59. The SMILES string of the molecule is CC(O)C(C)(C)NCC(=O)Nc1ccccc1Br. The number of halogens is 1. The zero-order valence-electron chi connectivity index (χ0n) is 10.8. The molecular formula is C13H19BrN2O2. The van der Waals surface area contributed by atoms with Gasteiger partial charge in [-0.25, -0.2) is 0 Å². The number of hydrogen-bond acceptors (Lipinski definition) is 3. The van der Waals surface area contributed by atoms with Crippen molar-refractivity contribution in [3.8, 4) is 0 Å². The first-order valence-electron chi connectivity index (χ1n) is 5.80. The second kappa shape index (κ2) is 6.31. The van der Waals surface area contributed by atoms with E-state index in [0.29, 0.717) is 0 Å². The Hall–Kier alpha value is -0.910. The fourth-order valence-electron chi connectivity index (χ4n) is 1.21. The van der Waals surface area contributed by atoms with E-state index in [9.17, 15) is 9.90 Å². The lowest BCUT2D eigenvalue weighted by Crippen LogP contribution is -2.50. The van der Waals surface area contributed by atoms with Crippen molar-refractivity contribution < 1.29 is 9.90 Å². The van der Waals surface area contributed by atoms with Crippen molar-refractivity contribution in [3.05, 3.63) is 28.7 Å². The van der Waals surface area contributed by atoms with Crippen LogP contribution < -0.4 is 10.6 Å². The molecule has 18 heavy (non-hydrogen) atoms. The molecule has 5 heteroatoms. The summed E-state index contributed by atoms with van der Waals surface area (Å²) in [4.78, 5) is 11.8. The normalized spacial score (nSPS) is 13.2. The summed E-state index contributed by atoms with van der Waals surface area (Å²) < 4.78 is 0.841. The van der Waals surface area contributed by atoms with Crippen molar-refractivity contribution in [2.24, 2.45) is 0 Å². The fourth-order valence-corrected chi connectivity index (χ4v) is 1.60. The molecule has 0 fully saturated rings. The van der Waals surface area contributed by atoms with Crippen LogP contribution in [0.2, 0.25) is 0 Å². The quantitative estimate of drug-likeness (QED) is 0.780. The molecule has 1 amide bonds. The lowest BCUT2D eigenvalue weighted by atomic mass is 9.99. The minimum absolute atomic E-state index is 0.143. The van der Waals surface area contributed by atoms with Crippen LogP contribution in [-0.2, 0) is 4.79 Å². The van der Waals surface area contributed by atoms with E-state index in [0.717, 1.165) is 10.2 Å². The average molecular weight is 315 g/mol. The van der Waals surface area contributed by atoms with Gasteiger partial charge in [-0.05, 0) is 48.8 Å². The number of anilines is 1. The predicted octanol–water partition coefficient (Wildman–Crippen LogP) is 2.14. The molecule has 0 spiro atoms. The Morgan fingerprint density at radius 1 is 1.44 bits per heavy atom. The second-order valence-electron chi connectivity index (χ2n) is 4.78. The maximum atomic E-state index is 11.8. The average Bonchev–Trinajstić information content (AvgIpc) is 2.29. The molecule has 0 aliphatic carbocycles. The van der Waals surface area contributed by atoms with Crippen LogP contribution in [0.5, 0.6) is 0 Å². The minimum atomic E-state index is -0.534. The van der Waals surface area contributed by atoms with Gasteiger partial charge in [0.1, 0.15) is 0 Å². The Labute approximate surface area is 116 Å². The first-order valence-corrected chi connectivity index (χ1v) is 6.59. The highest BCUT2D eigenvalue weighted by Crippen LogP contribution is 2.20. The Balaban J connectivity index is 2.51. The molecule has 0 bridgehead atoms. The number of carbonyl (C=O) groups is 1. The minimum Gasteiger partial charge on any atom is -0.392 e. The smallest absolute Gasteiger partial charge is 0.238 e. The Morgan fingerprint density at radius 3 is 2.61 bits per heavy atom. The fraction of sp³-hybridized carbons (Fsp3) is 0.462.